The Hall–Kier alpha value is -3.22. The van der Waals surface area contributed by atoms with Crippen molar-refractivity contribution in [3.63, 3.8) is 0 Å². The van der Waals surface area contributed by atoms with Gasteiger partial charge in [0.2, 0.25) is 5.78 Å². The average molecular weight is 346 g/mol. The van der Waals surface area contributed by atoms with Crippen LogP contribution in [0.5, 0.6) is 23.0 Å². The first-order valence-corrected chi connectivity index (χ1v) is 7.23. The topological polar surface area (TPSA) is 91.3 Å². The molecule has 25 heavy (non-hydrogen) atoms. The van der Waals surface area contributed by atoms with Gasteiger partial charge in [-0.15, -0.1) is 0 Å². The van der Waals surface area contributed by atoms with E-state index in [2.05, 4.69) is 0 Å². The molecule has 0 radical (unpaired) electrons. The molecule has 0 amide bonds. The third-order valence-corrected chi connectivity index (χ3v) is 3.63. The van der Waals surface area contributed by atoms with Crippen molar-refractivity contribution in [1.29, 1.82) is 0 Å². The maximum atomic E-state index is 13.1. The van der Waals surface area contributed by atoms with E-state index in [1.807, 2.05) is 0 Å². The van der Waals surface area contributed by atoms with Crippen LogP contribution in [0.2, 0.25) is 0 Å². The molecule has 132 valence electrons. The minimum absolute atomic E-state index is 0.0278. The van der Waals surface area contributed by atoms with Crippen molar-refractivity contribution in [2.75, 3.05) is 28.4 Å². The molecule has 0 aliphatic heterocycles. The van der Waals surface area contributed by atoms with E-state index < -0.39 is 11.8 Å². The van der Waals surface area contributed by atoms with Gasteiger partial charge in [-0.3, -0.25) is 4.79 Å². The first-order valence-electron chi connectivity index (χ1n) is 7.23. The van der Waals surface area contributed by atoms with E-state index >= 15 is 0 Å². The quantitative estimate of drug-likeness (QED) is 0.634. The summed E-state index contributed by atoms with van der Waals surface area (Å²) in [5.74, 6) is -0.923. The van der Waals surface area contributed by atoms with Crippen molar-refractivity contribution in [2.45, 2.75) is 0 Å². The minimum Gasteiger partial charge on any atom is -0.504 e. The number of phenols is 1. The highest BCUT2D eigenvalue weighted by Crippen LogP contribution is 2.36. The lowest BCUT2D eigenvalue weighted by atomic mass is 9.96. The second-order valence-electron chi connectivity index (χ2n) is 4.93. The van der Waals surface area contributed by atoms with Gasteiger partial charge < -0.3 is 24.1 Å². The van der Waals surface area contributed by atoms with Crippen LogP contribution in [0.3, 0.4) is 0 Å². The minimum atomic E-state index is -0.728. The summed E-state index contributed by atoms with van der Waals surface area (Å²) in [6, 6.07) is 7.19. The average Bonchev–Trinajstić information content (AvgIpc) is 2.65. The zero-order chi connectivity index (χ0) is 18.6. The molecule has 7 heteroatoms. The number of hydrogen-bond acceptors (Lipinski definition) is 7. The van der Waals surface area contributed by atoms with Crippen LogP contribution in [0.4, 0.5) is 0 Å². The Morgan fingerprint density at radius 2 is 1.56 bits per heavy atom. The van der Waals surface area contributed by atoms with Crippen molar-refractivity contribution in [2.24, 2.45) is 0 Å². The fraction of sp³-hybridized carbons (Fsp3) is 0.222. The number of hydrogen-bond donors (Lipinski definition) is 1. The second kappa shape index (κ2) is 7.57. The number of esters is 1. The fourth-order valence-electron chi connectivity index (χ4n) is 2.40. The fourth-order valence-corrected chi connectivity index (χ4v) is 2.40. The molecule has 0 atom stereocenters. The molecule has 7 nitrogen and oxygen atoms in total. The summed E-state index contributed by atoms with van der Waals surface area (Å²) in [6.45, 7) is 0. The third-order valence-electron chi connectivity index (χ3n) is 3.63. The molecule has 0 unspecified atom stereocenters. The number of rotatable bonds is 6. The van der Waals surface area contributed by atoms with Gasteiger partial charge in [0.25, 0.3) is 0 Å². The molecular formula is C18H18O7. The van der Waals surface area contributed by atoms with Gasteiger partial charge in [0.15, 0.2) is 11.5 Å². The van der Waals surface area contributed by atoms with Gasteiger partial charge in [-0.25, -0.2) is 4.79 Å². The van der Waals surface area contributed by atoms with Crippen LogP contribution >= 0.6 is 0 Å². The molecule has 1 N–H and O–H groups in total. The highest BCUT2D eigenvalue weighted by atomic mass is 16.5. The van der Waals surface area contributed by atoms with E-state index in [1.165, 1.54) is 46.6 Å². The lowest BCUT2D eigenvalue weighted by Gasteiger charge is -2.15. The summed E-state index contributed by atoms with van der Waals surface area (Å²) in [5.41, 5.74) is 0.0372. The normalized spacial score (nSPS) is 10.1. The summed E-state index contributed by atoms with van der Waals surface area (Å²) >= 11 is 0. The second-order valence-corrected chi connectivity index (χ2v) is 4.93. The Labute approximate surface area is 144 Å². The third kappa shape index (κ3) is 3.35. The number of ether oxygens (including phenoxy) is 4. The Bertz CT molecular complexity index is 811. The molecule has 0 bridgehead atoms. The molecule has 0 saturated carbocycles. The molecule has 0 fully saturated rings. The lowest BCUT2D eigenvalue weighted by Crippen LogP contribution is -2.14. The highest BCUT2D eigenvalue weighted by molar-refractivity contribution is 6.17. The number of phenolic OH excluding ortho intramolecular Hbond substituents is 1. The summed E-state index contributed by atoms with van der Waals surface area (Å²) in [5, 5.41) is 9.99. The van der Waals surface area contributed by atoms with Gasteiger partial charge in [0.05, 0.1) is 45.1 Å². The summed E-state index contributed by atoms with van der Waals surface area (Å²) < 4.78 is 20.2. The van der Waals surface area contributed by atoms with Crippen LogP contribution in [0.15, 0.2) is 30.3 Å². The number of carbonyl (C=O) groups excluding carboxylic acids is 2. The maximum Gasteiger partial charge on any atom is 0.338 e. The van der Waals surface area contributed by atoms with E-state index in [1.54, 1.807) is 12.1 Å². The number of aromatic hydroxyl groups is 1. The molecule has 0 saturated heterocycles. The van der Waals surface area contributed by atoms with Crippen LogP contribution in [0, 0.1) is 0 Å². The molecule has 2 aromatic carbocycles. The van der Waals surface area contributed by atoms with Crippen molar-refractivity contribution < 1.29 is 33.6 Å². The van der Waals surface area contributed by atoms with Gasteiger partial charge in [0.1, 0.15) is 11.5 Å². The molecule has 0 aliphatic rings. The molecule has 0 aliphatic carbocycles. The van der Waals surface area contributed by atoms with Crippen LogP contribution in [0.1, 0.15) is 26.3 Å². The largest absolute Gasteiger partial charge is 0.504 e. The molecular weight excluding hydrogens is 328 g/mol. The van der Waals surface area contributed by atoms with E-state index in [0.29, 0.717) is 5.75 Å². The molecule has 0 spiro atoms. The molecule has 2 aromatic rings. The Balaban J connectivity index is 2.70. The van der Waals surface area contributed by atoms with Crippen molar-refractivity contribution in [3.05, 3.63) is 47.0 Å². The van der Waals surface area contributed by atoms with Crippen molar-refractivity contribution >= 4 is 11.8 Å². The lowest BCUT2D eigenvalue weighted by molar-refractivity contribution is 0.0597. The summed E-state index contributed by atoms with van der Waals surface area (Å²) in [7, 11) is 5.39. The first-order chi connectivity index (χ1) is 12.0. The zero-order valence-corrected chi connectivity index (χ0v) is 14.3. The maximum absolute atomic E-state index is 13.1. The standard InChI is InChI=1S/C18H18O7/c1-22-10-5-6-11(14(9-10)23-2)16(20)15-12(18(21)25-4)7-8-13(19)17(15)24-3/h5-9,19H,1-4H3. The van der Waals surface area contributed by atoms with E-state index in [9.17, 15) is 14.7 Å². The Morgan fingerprint density at radius 1 is 0.880 bits per heavy atom. The monoisotopic (exact) mass is 346 g/mol. The van der Waals surface area contributed by atoms with Gasteiger partial charge >= 0.3 is 5.97 Å². The van der Waals surface area contributed by atoms with Gasteiger partial charge in [0, 0.05) is 6.07 Å². The number of ketones is 1. The van der Waals surface area contributed by atoms with Crippen molar-refractivity contribution in [3.8, 4) is 23.0 Å². The molecule has 0 heterocycles. The SMILES string of the molecule is COC(=O)c1ccc(O)c(OC)c1C(=O)c1ccc(OC)cc1OC. The van der Waals surface area contributed by atoms with Crippen molar-refractivity contribution in [1.82, 2.24) is 0 Å². The van der Waals surface area contributed by atoms with Crippen LogP contribution < -0.4 is 14.2 Å². The Kier molecular flexibility index (Phi) is 5.49. The Morgan fingerprint density at radius 3 is 2.12 bits per heavy atom. The van der Waals surface area contributed by atoms with E-state index in [0.717, 1.165) is 0 Å². The predicted molar refractivity (Wildman–Crippen MR) is 89.0 cm³/mol. The van der Waals surface area contributed by atoms with Crippen LogP contribution in [-0.2, 0) is 4.74 Å². The number of methoxy groups -OCH3 is 4. The summed E-state index contributed by atoms with van der Waals surface area (Å²) in [4.78, 5) is 25.1. The van der Waals surface area contributed by atoms with Gasteiger partial charge in [-0.05, 0) is 24.3 Å². The van der Waals surface area contributed by atoms with E-state index in [4.69, 9.17) is 18.9 Å². The van der Waals surface area contributed by atoms with Gasteiger partial charge in [-0.2, -0.15) is 0 Å². The van der Waals surface area contributed by atoms with E-state index in [-0.39, 0.29) is 33.9 Å². The number of carbonyl (C=O) groups is 2. The molecule has 0 aromatic heterocycles. The van der Waals surface area contributed by atoms with Gasteiger partial charge in [-0.1, -0.05) is 0 Å². The smallest absolute Gasteiger partial charge is 0.338 e. The summed E-state index contributed by atoms with van der Waals surface area (Å²) in [6.07, 6.45) is 0. The number of benzene rings is 2. The predicted octanol–water partition coefficient (Wildman–Crippen LogP) is 2.44. The highest BCUT2D eigenvalue weighted by Gasteiger charge is 2.27. The molecule has 2 rings (SSSR count). The van der Waals surface area contributed by atoms with Crippen LogP contribution in [0.25, 0.3) is 0 Å². The van der Waals surface area contributed by atoms with Crippen LogP contribution in [-0.4, -0.2) is 45.3 Å². The zero-order valence-electron chi connectivity index (χ0n) is 14.3. The first kappa shape index (κ1) is 18.1.